The van der Waals surface area contributed by atoms with Crippen molar-refractivity contribution in [1.29, 1.82) is 0 Å². The van der Waals surface area contributed by atoms with E-state index in [2.05, 4.69) is 36.6 Å². The molecule has 1 aliphatic heterocycles. The second kappa shape index (κ2) is 8.25. The van der Waals surface area contributed by atoms with Crippen LogP contribution in [-0.2, 0) is 7.05 Å². The van der Waals surface area contributed by atoms with Crippen LogP contribution in [0.25, 0.3) is 0 Å². The Morgan fingerprint density at radius 1 is 1.03 bits per heavy atom. The van der Waals surface area contributed by atoms with Gasteiger partial charge in [0.2, 0.25) is 5.95 Å². The van der Waals surface area contributed by atoms with Crippen molar-refractivity contribution in [2.24, 2.45) is 7.05 Å². The van der Waals surface area contributed by atoms with E-state index in [1.165, 1.54) is 0 Å². The van der Waals surface area contributed by atoms with Gasteiger partial charge in [-0.15, -0.1) is 0 Å². The van der Waals surface area contributed by atoms with Gasteiger partial charge in [-0.2, -0.15) is 4.98 Å². The average Bonchev–Trinajstić information content (AvgIpc) is 2.75. The standard InChI is InChI=1S/C22H23N7O/c1-16-18(8-7-17-5-3-9-24-15-17)20(26-22(23)25-16)29-13-11-28(12-14-29)19-6-4-10-27(2)21(19)30/h3-6,9-10,15H,11-14H2,1-2H3,(H2,23,25,26). The maximum absolute atomic E-state index is 12.4. The lowest BCUT2D eigenvalue weighted by Crippen LogP contribution is -2.48. The molecule has 0 unspecified atom stereocenters. The number of nitrogens with zero attached hydrogens (tertiary/aromatic N) is 6. The number of aryl methyl sites for hydroxylation is 2. The molecule has 1 saturated heterocycles. The topological polar surface area (TPSA) is 93.2 Å². The fourth-order valence-electron chi connectivity index (χ4n) is 3.51. The van der Waals surface area contributed by atoms with Gasteiger partial charge in [0.25, 0.3) is 5.56 Å². The summed E-state index contributed by atoms with van der Waals surface area (Å²) in [6.07, 6.45) is 5.20. The van der Waals surface area contributed by atoms with Crippen LogP contribution in [0.5, 0.6) is 0 Å². The number of aromatic nitrogens is 4. The first kappa shape index (κ1) is 19.5. The van der Waals surface area contributed by atoms with Crippen molar-refractivity contribution >= 4 is 17.5 Å². The van der Waals surface area contributed by atoms with Crippen LogP contribution in [0, 0.1) is 18.8 Å². The van der Waals surface area contributed by atoms with Crippen LogP contribution in [0.1, 0.15) is 16.8 Å². The molecule has 152 valence electrons. The minimum Gasteiger partial charge on any atom is -0.368 e. The Morgan fingerprint density at radius 2 is 1.80 bits per heavy atom. The van der Waals surface area contributed by atoms with Crippen molar-refractivity contribution in [3.63, 3.8) is 0 Å². The Labute approximate surface area is 175 Å². The Kier molecular flexibility index (Phi) is 5.35. The highest BCUT2D eigenvalue weighted by Gasteiger charge is 2.23. The van der Waals surface area contributed by atoms with E-state index in [4.69, 9.17) is 5.73 Å². The molecule has 8 nitrogen and oxygen atoms in total. The van der Waals surface area contributed by atoms with Gasteiger partial charge >= 0.3 is 0 Å². The molecule has 8 heteroatoms. The molecule has 4 heterocycles. The molecule has 0 radical (unpaired) electrons. The van der Waals surface area contributed by atoms with E-state index in [9.17, 15) is 4.79 Å². The van der Waals surface area contributed by atoms with Gasteiger partial charge in [-0.3, -0.25) is 9.78 Å². The van der Waals surface area contributed by atoms with Crippen LogP contribution in [0.15, 0.2) is 47.7 Å². The Morgan fingerprint density at radius 3 is 2.53 bits per heavy atom. The lowest BCUT2D eigenvalue weighted by Gasteiger charge is -2.36. The molecule has 30 heavy (non-hydrogen) atoms. The summed E-state index contributed by atoms with van der Waals surface area (Å²) in [7, 11) is 1.77. The number of rotatable bonds is 2. The average molecular weight is 401 g/mol. The zero-order chi connectivity index (χ0) is 21.1. The van der Waals surface area contributed by atoms with E-state index in [1.807, 2.05) is 31.2 Å². The number of nitrogen functional groups attached to an aromatic ring is 1. The highest BCUT2D eigenvalue weighted by atomic mass is 16.1. The molecule has 1 fully saturated rings. The van der Waals surface area contributed by atoms with E-state index in [1.54, 1.807) is 30.2 Å². The minimum atomic E-state index is 0.0103. The molecule has 0 amide bonds. The van der Waals surface area contributed by atoms with Crippen LogP contribution in [-0.4, -0.2) is 45.7 Å². The molecule has 3 aromatic rings. The normalized spacial score (nSPS) is 13.7. The molecule has 0 saturated carbocycles. The Bertz CT molecular complexity index is 1170. The fraction of sp³-hybridized carbons (Fsp3) is 0.273. The summed E-state index contributed by atoms with van der Waals surface area (Å²) in [4.78, 5) is 29.6. The van der Waals surface area contributed by atoms with Gasteiger partial charge in [0.1, 0.15) is 11.5 Å². The summed E-state index contributed by atoms with van der Waals surface area (Å²) in [6.45, 7) is 4.71. The monoisotopic (exact) mass is 401 g/mol. The maximum atomic E-state index is 12.4. The summed E-state index contributed by atoms with van der Waals surface area (Å²) in [5, 5.41) is 0. The molecule has 0 atom stereocenters. The zero-order valence-corrected chi connectivity index (χ0v) is 17.0. The second-order valence-corrected chi connectivity index (χ2v) is 7.14. The number of hydrogen-bond donors (Lipinski definition) is 1. The SMILES string of the molecule is Cc1nc(N)nc(N2CCN(c3cccn(C)c3=O)CC2)c1C#Cc1cccnc1. The molecule has 0 spiro atoms. The van der Waals surface area contributed by atoms with Crippen LogP contribution in [0.4, 0.5) is 17.5 Å². The lowest BCUT2D eigenvalue weighted by molar-refractivity contribution is 0.640. The van der Waals surface area contributed by atoms with Crippen molar-refractivity contribution in [2.75, 3.05) is 41.7 Å². The van der Waals surface area contributed by atoms with Gasteiger partial charge in [0.15, 0.2) is 0 Å². The summed E-state index contributed by atoms with van der Waals surface area (Å²) in [5.74, 6) is 7.30. The molecule has 4 rings (SSSR count). The minimum absolute atomic E-state index is 0.0103. The highest BCUT2D eigenvalue weighted by molar-refractivity contribution is 5.62. The highest BCUT2D eigenvalue weighted by Crippen LogP contribution is 2.23. The number of nitrogens with two attached hydrogens (primary N) is 1. The first-order valence-corrected chi connectivity index (χ1v) is 9.74. The molecular weight excluding hydrogens is 378 g/mol. The van der Waals surface area contributed by atoms with Gasteiger partial charge in [0.05, 0.1) is 11.3 Å². The van der Waals surface area contributed by atoms with Crippen LogP contribution in [0.2, 0.25) is 0 Å². The zero-order valence-electron chi connectivity index (χ0n) is 17.0. The Balaban J connectivity index is 1.60. The van der Waals surface area contributed by atoms with Gasteiger partial charge < -0.3 is 20.1 Å². The molecule has 0 aromatic carbocycles. The van der Waals surface area contributed by atoms with Gasteiger partial charge in [-0.05, 0) is 31.2 Å². The van der Waals surface area contributed by atoms with Crippen LogP contribution < -0.4 is 21.1 Å². The van der Waals surface area contributed by atoms with Crippen molar-refractivity contribution in [1.82, 2.24) is 19.5 Å². The van der Waals surface area contributed by atoms with E-state index < -0.39 is 0 Å². The molecule has 2 N–H and O–H groups in total. The fourth-order valence-corrected chi connectivity index (χ4v) is 3.51. The van der Waals surface area contributed by atoms with Gasteiger partial charge in [-0.25, -0.2) is 4.98 Å². The maximum Gasteiger partial charge on any atom is 0.273 e. The molecule has 0 aliphatic carbocycles. The molecule has 1 aliphatic rings. The number of pyridine rings is 2. The van der Waals surface area contributed by atoms with E-state index in [0.717, 1.165) is 28.3 Å². The van der Waals surface area contributed by atoms with E-state index in [0.29, 0.717) is 26.2 Å². The van der Waals surface area contributed by atoms with Crippen molar-refractivity contribution in [2.45, 2.75) is 6.92 Å². The molecule has 3 aromatic heterocycles. The van der Waals surface area contributed by atoms with Gasteiger partial charge in [0, 0.05) is 57.4 Å². The van der Waals surface area contributed by atoms with Crippen LogP contribution in [0.3, 0.4) is 0 Å². The summed E-state index contributed by atoms with van der Waals surface area (Å²) >= 11 is 0. The predicted octanol–water partition coefficient (Wildman–Crippen LogP) is 1.19. The van der Waals surface area contributed by atoms with E-state index in [-0.39, 0.29) is 11.5 Å². The summed E-state index contributed by atoms with van der Waals surface area (Å²) in [5.41, 5.74) is 8.99. The third kappa shape index (κ3) is 3.96. The second-order valence-electron chi connectivity index (χ2n) is 7.14. The van der Waals surface area contributed by atoms with Crippen molar-refractivity contribution < 1.29 is 0 Å². The van der Waals surface area contributed by atoms with Crippen molar-refractivity contribution in [3.8, 4) is 11.8 Å². The number of anilines is 3. The summed E-state index contributed by atoms with van der Waals surface area (Å²) < 4.78 is 1.60. The third-order valence-electron chi connectivity index (χ3n) is 5.10. The first-order valence-electron chi connectivity index (χ1n) is 9.74. The number of hydrogen-bond acceptors (Lipinski definition) is 7. The Hall–Kier alpha value is -3.86. The molecule has 0 bridgehead atoms. The lowest BCUT2D eigenvalue weighted by atomic mass is 10.1. The van der Waals surface area contributed by atoms with Crippen molar-refractivity contribution in [3.05, 3.63) is 70.0 Å². The van der Waals surface area contributed by atoms with Gasteiger partial charge in [-0.1, -0.05) is 11.8 Å². The predicted molar refractivity (Wildman–Crippen MR) is 118 cm³/mol. The quantitative estimate of drug-likeness (QED) is 0.645. The smallest absolute Gasteiger partial charge is 0.273 e. The van der Waals surface area contributed by atoms with E-state index >= 15 is 0 Å². The summed E-state index contributed by atoms with van der Waals surface area (Å²) in [6, 6.07) is 7.52. The largest absolute Gasteiger partial charge is 0.368 e. The van der Waals surface area contributed by atoms with Crippen LogP contribution >= 0.6 is 0 Å². The third-order valence-corrected chi connectivity index (χ3v) is 5.10. The number of piperazine rings is 1. The molecular formula is C22H23N7O. The first-order chi connectivity index (χ1) is 14.5.